The van der Waals surface area contributed by atoms with Crippen LogP contribution in [0.3, 0.4) is 0 Å². The number of fused-ring (bicyclic) bond motifs is 2. The molecule has 10 heteroatoms. The summed E-state index contributed by atoms with van der Waals surface area (Å²) in [6.07, 6.45) is 3.25. The SMILES string of the molecule is NC=C(C=[NH+]CCO)c1ccc2c(n1)N(Cc1ccc3ncsc3n1)N[NH2+]2. The van der Waals surface area contributed by atoms with E-state index in [1.807, 2.05) is 34.7 Å². The van der Waals surface area contributed by atoms with E-state index in [4.69, 9.17) is 15.8 Å². The molecule has 4 heterocycles. The molecule has 0 aliphatic carbocycles. The van der Waals surface area contributed by atoms with E-state index in [1.165, 1.54) is 17.5 Å². The third-order valence-corrected chi connectivity index (χ3v) is 4.83. The lowest BCUT2D eigenvalue weighted by Gasteiger charge is -2.14. The molecule has 0 bridgehead atoms. The molecule has 138 valence electrons. The summed E-state index contributed by atoms with van der Waals surface area (Å²) in [5, 5.41) is 10.8. The molecule has 0 fully saturated rings. The van der Waals surface area contributed by atoms with Crippen LogP contribution in [0.25, 0.3) is 15.9 Å². The minimum Gasteiger partial charge on any atom is -0.404 e. The topological polar surface area (TPSA) is 131 Å². The first-order chi connectivity index (χ1) is 13.3. The number of aliphatic hydroxyl groups excluding tert-OH is 1. The van der Waals surface area contributed by atoms with Crippen molar-refractivity contribution < 1.29 is 15.5 Å². The number of pyridine rings is 2. The van der Waals surface area contributed by atoms with E-state index in [-0.39, 0.29) is 6.61 Å². The van der Waals surface area contributed by atoms with Crippen LogP contribution in [0.4, 0.5) is 11.5 Å². The Balaban J connectivity index is 1.58. The van der Waals surface area contributed by atoms with Gasteiger partial charge in [-0.25, -0.2) is 30.4 Å². The van der Waals surface area contributed by atoms with E-state index in [1.54, 1.807) is 11.7 Å². The predicted molar refractivity (Wildman–Crippen MR) is 104 cm³/mol. The molecule has 27 heavy (non-hydrogen) atoms. The summed E-state index contributed by atoms with van der Waals surface area (Å²) in [5.74, 6) is 0.814. The molecule has 3 aromatic rings. The molecule has 0 spiro atoms. The number of hydrogen-bond acceptors (Lipinski definition) is 8. The van der Waals surface area contributed by atoms with Crippen LogP contribution in [0.5, 0.6) is 0 Å². The van der Waals surface area contributed by atoms with Crippen molar-refractivity contribution in [1.29, 1.82) is 0 Å². The number of nitrogens with two attached hydrogens (primary N) is 2. The van der Waals surface area contributed by atoms with Gasteiger partial charge in [-0.1, -0.05) is 5.53 Å². The van der Waals surface area contributed by atoms with Crippen molar-refractivity contribution in [2.45, 2.75) is 6.54 Å². The van der Waals surface area contributed by atoms with Gasteiger partial charge >= 0.3 is 0 Å². The Kier molecular flexibility index (Phi) is 5.03. The molecular weight excluding hydrogens is 364 g/mol. The lowest BCUT2D eigenvalue weighted by Crippen LogP contribution is -2.87. The van der Waals surface area contributed by atoms with E-state index in [9.17, 15) is 0 Å². The zero-order valence-corrected chi connectivity index (χ0v) is 15.3. The quantitative estimate of drug-likeness (QED) is 0.249. The molecule has 4 rings (SSSR count). The number of aliphatic hydroxyl groups is 1. The van der Waals surface area contributed by atoms with E-state index >= 15 is 0 Å². The fourth-order valence-corrected chi connectivity index (χ4v) is 3.45. The van der Waals surface area contributed by atoms with Crippen LogP contribution in [0.2, 0.25) is 0 Å². The smallest absolute Gasteiger partial charge is 0.212 e. The highest BCUT2D eigenvalue weighted by atomic mass is 32.1. The average Bonchev–Trinajstić information content (AvgIpc) is 3.32. The van der Waals surface area contributed by atoms with E-state index in [0.29, 0.717) is 13.1 Å². The third-order valence-electron chi connectivity index (χ3n) is 4.10. The molecule has 9 nitrogen and oxygen atoms in total. The van der Waals surface area contributed by atoms with Gasteiger partial charge in [0.2, 0.25) is 5.82 Å². The first-order valence-corrected chi connectivity index (χ1v) is 9.33. The molecule has 3 aromatic heterocycles. The monoisotopic (exact) mass is 384 g/mol. The Hall–Kier alpha value is -2.92. The fraction of sp³-hybridized carbons (Fsp3) is 0.176. The van der Waals surface area contributed by atoms with Crippen LogP contribution in [0.15, 0.2) is 36.0 Å². The molecule has 0 saturated heterocycles. The second-order valence-electron chi connectivity index (χ2n) is 5.89. The summed E-state index contributed by atoms with van der Waals surface area (Å²) < 4.78 is 0. The zero-order chi connectivity index (χ0) is 18.6. The molecule has 0 unspecified atom stereocenters. The molecule has 0 aromatic carbocycles. The van der Waals surface area contributed by atoms with E-state index in [2.05, 4.69) is 20.5 Å². The minimum absolute atomic E-state index is 0.0513. The normalized spacial score (nSPS) is 14.4. The Morgan fingerprint density at radius 1 is 1.33 bits per heavy atom. The zero-order valence-electron chi connectivity index (χ0n) is 14.5. The van der Waals surface area contributed by atoms with Crippen LogP contribution >= 0.6 is 11.3 Å². The van der Waals surface area contributed by atoms with Crippen LogP contribution in [0, 0.1) is 0 Å². The van der Waals surface area contributed by atoms with Gasteiger partial charge < -0.3 is 10.8 Å². The molecule has 0 amide bonds. The number of aromatic nitrogens is 3. The Labute approximate surface area is 159 Å². The van der Waals surface area contributed by atoms with E-state index in [0.717, 1.165) is 38.8 Å². The average molecular weight is 384 g/mol. The number of hydrogen-bond donors (Lipinski definition) is 5. The predicted octanol–water partition coefficient (Wildman–Crippen LogP) is -1.84. The summed E-state index contributed by atoms with van der Waals surface area (Å²) in [6, 6.07) is 7.87. The Bertz CT molecular complexity index is 1020. The lowest BCUT2D eigenvalue weighted by atomic mass is 10.2. The molecular formula is C17H20N8OS+2. The molecule has 7 N–H and O–H groups in total. The van der Waals surface area contributed by atoms with Crippen molar-refractivity contribution in [2.24, 2.45) is 5.73 Å². The van der Waals surface area contributed by atoms with Crippen LogP contribution in [0.1, 0.15) is 11.4 Å². The van der Waals surface area contributed by atoms with Gasteiger partial charge in [-0.05, 0) is 18.2 Å². The third kappa shape index (κ3) is 3.64. The molecule has 0 atom stereocenters. The van der Waals surface area contributed by atoms with Gasteiger partial charge in [0.15, 0.2) is 18.4 Å². The number of allylic oxidation sites excluding steroid dienone is 1. The van der Waals surface area contributed by atoms with Crippen LogP contribution in [-0.2, 0) is 6.54 Å². The number of thiazole rings is 1. The number of quaternary nitrogens is 1. The second-order valence-corrected chi connectivity index (χ2v) is 6.73. The summed E-state index contributed by atoms with van der Waals surface area (Å²) >= 11 is 1.53. The first kappa shape index (κ1) is 17.5. The van der Waals surface area contributed by atoms with Gasteiger partial charge in [-0.15, -0.1) is 11.3 Å². The summed E-state index contributed by atoms with van der Waals surface area (Å²) in [4.78, 5) is 17.6. The van der Waals surface area contributed by atoms with Crippen molar-refractivity contribution >= 4 is 45.0 Å². The summed E-state index contributed by atoms with van der Waals surface area (Å²) in [6.45, 7) is 1.08. The number of hydrazine groups is 1. The van der Waals surface area contributed by atoms with Gasteiger partial charge in [0.05, 0.1) is 34.5 Å². The molecule has 0 saturated carbocycles. The van der Waals surface area contributed by atoms with Gasteiger partial charge in [0, 0.05) is 12.3 Å². The van der Waals surface area contributed by atoms with Crippen LogP contribution < -0.4 is 26.7 Å². The van der Waals surface area contributed by atoms with Crippen LogP contribution in [-0.4, -0.2) is 39.4 Å². The highest BCUT2D eigenvalue weighted by Gasteiger charge is 2.26. The molecule has 0 radical (unpaired) electrons. The molecule has 1 aliphatic rings. The van der Waals surface area contributed by atoms with Crippen molar-refractivity contribution in [3.05, 3.63) is 47.4 Å². The van der Waals surface area contributed by atoms with Crippen molar-refractivity contribution in [3.63, 3.8) is 0 Å². The van der Waals surface area contributed by atoms with Gasteiger partial charge in [0.25, 0.3) is 0 Å². The van der Waals surface area contributed by atoms with E-state index < -0.39 is 0 Å². The minimum atomic E-state index is 0.0513. The van der Waals surface area contributed by atoms with Crippen molar-refractivity contribution in [3.8, 4) is 0 Å². The maximum atomic E-state index is 8.90. The van der Waals surface area contributed by atoms with Crippen molar-refractivity contribution in [1.82, 2.24) is 20.5 Å². The number of nitrogens with zero attached hydrogens (tertiary/aromatic N) is 4. The Morgan fingerprint density at radius 3 is 3.11 bits per heavy atom. The fourth-order valence-electron chi connectivity index (χ4n) is 2.77. The van der Waals surface area contributed by atoms with Gasteiger partial charge in [-0.3, -0.25) is 0 Å². The number of anilines is 1. The maximum Gasteiger partial charge on any atom is 0.212 e. The lowest BCUT2D eigenvalue weighted by molar-refractivity contribution is -0.626. The number of nitrogens with one attached hydrogen (secondary N) is 2. The number of rotatable bonds is 6. The van der Waals surface area contributed by atoms with Crippen molar-refractivity contribution in [2.75, 3.05) is 18.2 Å². The molecule has 1 aliphatic heterocycles. The summed E-state index contributed by atoms with van der Waals surface area (Å²) in [7, 11) is 0. The van der Waals surface area contributed by atoms with Gasteiger partial charge in [-0.2, -0.15) is 0 Å². The highest BCUT2D eigenvalue weighted by Crippen LogP contribution is 2.25. The maximum absolute atomic E-state index is 8.90. The van der Waals surface area contributed by atoms with Gasteiger partial charge in [0.1, 0.15) is 11.4 Å². The second kappa shape index (κ2) is 7.76. The summed E-state index contributed by atoms with van der Waals surface area (Å²) in [5.41, 5.74) is 17.0. The Morgan fingerprint density at radius 2 is 2.26 bits per heavy atom. The highest BCUT2D eigenvalue weighted by molar-refractivity contribution is 7.16. The largest absolute Gasteiger partial charge is 0.404 e. The standard InChI is InChI=1S/C17H18N8OS/c18-7-11(8-19-5-6-26)13-3-4-14-16(22-13)25(24-23-14)9-12-1-2-15-17(21-12)27-10-20-15/h1-4,7-8,10,23-24,26H,5-6,9,18H2/p+2. The first-order valence-electron chi connectivity index (χ1n) is 8.45.